The van der Waals surface area contributed by atoms with Crippen LogP contribution in [0.4, 0.5) is 0 Å². The minimum Gasteiger partial charge on any atom is -0.487 e. The average molecular weight is 532 g/mol. The number of carbonyl (C=O) groups is 2. The van der Waals surface area contributed by atoms with Gasteiger partial charge in [0.15, 0.2) is 0 Å². The fourth-order valence-corrected chi connectivity index (χ4v) is 5.98. The number of hydrogen-bond donors (Lipinski definition) is 2. The highest BCUT2D eigenvalue weighted by molar-refractivity contribution is 7.98. The van der Waals surface area contributed by atoms with Gasteiger partial charge in [0.1, 0.15) is 17.4 Å². The molecule has 2 heterocycles. The molecule has 4 rings (SSSR count). The van der Waals surface area contributed by atoms with Crippen LogP contribution in [-0.2, 0) is 20.7 Å². The Morgan fingerprint density at radius 3 is 2.67 bits per heavy atom. The van der Waals surface area contributed by atoms with E-state index in [2.05, 4.69) is 17.4 Å². The number of carbonyl (C=O) groups excluding carboxylic acids is 1. The van der Waals surface area contributed by atoms with E-state index >= 15 is 0 Å². The minimum absolute atomic E-state index is 0.0957. The molecule has 8 heteroatoms. The van der Waals surface area contributed by atoms with Crippen LogP contribution in [0, 0.1) is 11.8 Å². The Kier molecular flexibility index (Phi) is 8.53. The summed E-state index contributed by atoms with van der Waals surface area (Å²) in [5.74, 6) is -0.473. The van der Waals surface area contributed by atoms with E-state index in [9.17, 15) is 14.7 Å². The SMILES string of the molecule is CSCC[C@H](NC(=O)[C@H]1C[C@H]2[C@H](O[C@H]1CCc1ccccc1)c1cc(Cl)ccc1OC2(C)C)C(=O)O. The van der Waals surface area contributed by atoms with Crippen molar-refractivity contribution in [1.29, 1.82) is 0 Å². The number of hydrogen-bond acceptors (Lipinski definition) is 5. The standard InChI is InChI=1S/C28H34ClNO5S/c1-28(2)21-16-20(26(31)30-22(27(32)33)13-14-36-3)23(11-9-17-7-5-4-6-8-17)34-25(21)19-15-18(29)10-12-24(19)35-28/h4-8,10,12,15,20-23,25H,9,11,13-14,16H2,1-3H3,(H,30,31)(H,32,33)/t20-,21-,22-,23-,25+/m0/s1. The van der Waals surface area contributed by atoms with Gasteiger partial charge < -0.3 is 19.9 Å². The maximum absolute atomic E-state index is 13.6. The molecule has 2 aromatic carbocycles. The monoisotopic (exact) mass is 531 g/mol. The van der Waals surface area contributed by atoms with Gasteiger partial charge >= 0.3 is 5.97 Å². The summed E-state index contributed by atoms with van der Waals surface area (Å²) in [6, 6.07) is 14.8. The summed E-state index contributed by atoms with van der Waals surface area (Å²) in [5, 5.41) is 13.1. The quantitative estimate of drug-likeness (QED) is 0.442. The highest BCUT2D eigenvalue weighted by Crippen LogP contribution is 2.52. The van der Waals surface area contributed by atoms with E-state index in [0.717, 1.165) is 17.7 Å². The van der Waals surface area contributed by atoms with Gasteiger partial charge in [0.25, 0.3) is 0 Å². The number of fused-ring (bicyclic) bond motifs is 3. The Hall–Kier alpha value is -2.22. The van der Waals surface area contributed by atoms with Crippen LogP contribution in [0.25, 0.3) is 0 Å². The Labute approximate surface area is 222 Å². The minimum atomic E-state index is -1.02. The molecule has 2 aliphatic heterocycles. The van der Waals surface area contributed by atoms with Crippen LogP contribution in [0.5, 0.6) is 5.75 Å². The van der Waals surface area contributed by atoms with Crippen molar-refractivity contribution in [2.45, 2.75) is 63.4 Å². The lowest BCUT2D eigenvalue weighted by Crippen LogP contribution is -2.55. The molecule has 0 aliphatic carbocycles. The number of aryl methyl sites for hydroxylation is 1. The molecular weight excluding hydrogens is 498 g/mol. The number of thioether (sulfide) groups is 1. The van der Waals surface area contributed by atoms with Gasteiger partial charge in [-0.25, -0.2) is 4.79 Å². The van der Waals surface area contributed by atoms with Gasteiger partial charge in [-0.3, -0.25) is 4.79 Å². The molecule has 2 aliphatic rings. The summed E-state index contributed by atoms with van der Waals surface area (Å²) in [7, 11) is 0. The molecule has 2 N–H and O–H groups in total. The van der Waals surface area contributed by atoms with Crippen molar-refractivity contribution in [3.8, 4) is 5.75 Å². The Morgan fingerprint density at radius 2 is 1.97 bits per heavy atom. The molecular formula is C28H34ClNO5S. The first kappa shape index (κ1) is 26.8. The predicted molar refractivity (Wildman–Crippen MR) is 143 cm³/mol. The molecule has 2 aromatic rings. The van der Waals surface area contributed by atoms with Crippen LogP contribution in [0.3, 0.4) is 0 Å². The molecule has 194 valence electrons. The Balaban J connectivity index is 1.62. The van der Waals surface area contributed by atoms with E-state index in [4.69, 9.17) is 21.1 Å². The lowest BCUT2D eigenvalue weighted by atomic mass is 9.71. The van der Waals surface area contributed by atoms with Crippen LogP contribution in [0.2, 0.25) is 5.02 Å². The Bertz CT molecular complexity index is 1080. The lowest BCUT2D eigenvalue weighted by Gasteiger charge is -2.51. The topological polar surface area (TPSA) is 84.9 Å². The fourth-order valence-electron chi connectivity index (χ4n) is 5.33. The maximum Gasteiger partial charge on any atom is 0.326 e. The summed E-state index contributed by atoms with van der Waals surface area (Å²) < 4.78 is 13.1. The van der Waals surface area contributed by atoms with Crippen LogP contribution < -0.4 is 10.1 Å². The summed E-state index contributed by atoms with van der Waals surface area (Å²) in [4.78, 5) is 25.4. The number of nitrogens with one attached hydrogen (secondary N) is 1. The normalized spacial score (nSPS) is 25.1. The summed E-state index contributed by atoms with van der Waals surface area (Å²) >= 11 is 7.89. The van der Waals surface area contributed by atoms with E-state index < -0.39 is 23.5 Å². The molecule has 6 nitrogen and oxygen atoms in total. The first-order chi connectivity index (χ1) is 17.2. The van der Waals surface area contributed by atoms with E-state index in [1.807, 2.05) is 56.5 Å². The van der Waals surface area contributed by atoms with Crippen molar-refractivity contribution < 1.29 is 24.2 Å². The largest absolute Gasteiger partial charge is 0.487 e. The number of carboxylic acids is 1. The molecule has 0 radical (unpaired) electrons. The number of ether oxygens (including phenoxy) is 2. The highest BCUT2D eigenvalue weighted by atomic mass is 35.5. The molecule has 1 fully saturated rings. The zero-order valence-corrected chi connectivity index (χ0v) is 22.5. The second-order valence-corrected chi connectivity index (χ2v) is 11.6. The summed E-state index contributed by atoms with van der Waals surface area (Å²) in [6.07, 6.45) is 3.58. The third kappa shape index (κ3) is 6.01. The fraction of sp³-hybridized carbons (Fsp3) is 0.500. The number of rotatable bonds is 9. The van der Waals surface area contributed by atoms with Crippen molar-refractivity contribution in [3.05, 3.63) is 64.7 Å². The Morgan fingerprint density at radius 1 is 1.22 bits per heavy atom. The van der Waals surface area contributed by atoms with Crippen molar-refractivity contribution in [1.82, 2.24) is 5.32 Å². The number of halogens is 1. The highest BCUT2D eigenvalue weighted by Gasteiger charge is 2.52. The molecule has 1 amide bonds. The van der Waals surface area contributed by atoms with Gasteiger partial charge in [-0.2, -0.15) is 11.8 Å². The van der Waals surface area contributed by atoms with Gasteiger partial charge in [0, 0.05) is 16.5 Å². The lowest BCUT2D eigenvalue weighted by molar-refractivity contribution is -0.181. The molecule has 0 bridgehead atoms. The van der Waals surface area contributed by atoms with Crippen molar-refractivity contribution in [2.24, 2.45) is 11.8 Å². The second kappa shape index (κ2) is 11.4. The van der Waals surface area contributed by atoms with E-state index in [1.54, 1.807) is 11.8 Å². The first-order valence-electron chi connectivity index (χ1n) is 12.4. The van der Waals surface area contributed by atoms with Crippen LogP contribution in [0.1, 0.15) is 50.3 Å². The molecule has 0 unspecified atom stereocenters. The van der Waals surface area contributed by atoms with Gasteiger partial charge in [-0.05, 0) is 75.3 Å². The number of carboxylic acid groups (broad SMARTS) is 1. The zero-order chi connectivity index (χ0) is 25.9. The van der Waals surface area contributed by atoms with Gasteiger partial charge in [0.2, 0.25) is 5.91 Å². The molecule has 36 heavy (non-hydrogen) atoms. The molecule has 0 spiro atoms. The molecule has 1 saturated heterocycles. The van der Waals surface area contributed by atoms with E-state index in [0.29, 0.717) is 30.0 Å². The molecule has 0 saturated carbocycles. The third-order valence-electron chi connectivity index (χ3n) is 7.31. The second-order valence-electron chi connectivity index (χ2n) is 10.1. The van der Waals surface area contributed by atoms with Gasteiger partial charge in [-0.1, -0.05) is 41.9 Å². The first-order valence-corrected chi connectivity index (χ1v) is 14.2. The van der Waals surface area contributed by atoms with Crippen molar-refractivity contribution in [3.63, 3.8) is 0 Å². The number of aliphatic carboxylic acids is 1. The average Bonchev–Trinajstić information content (AvgIpc) is 2.85. The molecule has 5 atom stereocenters. The van der Waals surface area contributed by atoms with Crippen LogP contribution in [-0.4, -0.2) is 46.7 Å². The summed E-state index contributed by atoms with van der Waals surface area (Å²) in [6.45, 7) is 4.03. The van der Waals surface area contributed by atoms with Crippen molar-refractivity contribution in [2.75, 3.05) is 12.0 Å². The zero-order valence-electron chi connectivity index (χ0n) is 20.9. The maximum atomic E-state index is 13.6. The predicted octanol–water partition coefficient (Wildman–Crippen LogP) is 5.53. The molecule has 0 aromatic heterocycles. The van der Waals surface area contributed by atoms with E-state index in [-0.39, 0.29) is 24.0 Å². The summed E-state index contributed by atoms with van der Waals surface area (Å²) in [5.41, 5.74) is 1.50. The smallest absolute Gasteiger partial charge is 0.326 e. The van der Waals surface area contributed by atoms with Crippen molar-refractivity contribution >= 4 is 35.2 Å². The van der Waals surface area contributed by atoms with Gasteiger partial charge in [0.05, 0.1) is 18.1 Å². The number of amides is 1. The number of benzene rings is 2. The van der Waals surface area contributed by atoms with Crippen LogP contribution >= 0.6 is 23.4 Å². The van der Waals surface area contributed by atoms with E-state index in [1.165, 1.54) is 5.56 Å². The van der Waals surface area contributed by atoms with Gasteiger partial charge in [-0.15, -0.1) is 0 Å². The third-order valence-corrected chi connectivity index (χ3v) is 8.19. The van der Waals surface area contributed by atoms with Crippen LogP contribution in [0.15, 0.2) is 48.5 Å².